The maximum Gasteiger partial charge on any atom is 0.253 e. The van der Waals surface area contributed by atoms with Gasteiger partial charge in [-0.15, -0.1) is 0 Å². The van der Waals surface area contributed by atoms with Gasteiger partial charge < -0.3 is 10.1 Å². The minimum atomic E-state index is -0.208. The molecule has 1 aromatic carbocycles. The zero-order valence-corrected chi connectivity index (χ0v) is 16.7. The van der Waals surface area contributed by atoms with Crippen molar-refractivity contribution in [2.75, 3.05) is 13.7 Å². The van der Waals surface area contributed by atoms with Gasteiger partial charge in [0.05, 0.1) is 30.0 Å². The number of aromatic nitrogens is 4. The third-order valence-electron chi connectivity index (χ3n) is 5.55. The fourth-order valence-corrected chi connectivity index (χ4v) is 4.00. The van der Waals surface area contributed by atoms with Gasteiger partial charge in [-0.1, -0.05) is 12.8 Å². The van der Waals surface area contributed by atoms with Gasteiger partial charge in [0, 0.05) is 37.7 Å². The molecule has 0 spiro atoms. The molecule has 0 atom stereocenters. The molecule has 3 aromatic rings. The molecule has 0 aliphatic heterocycles. The summed E-state index contributed by atoms with van der Waals surface area (Å²) in [5.74, 6) is 0.858. The maximum atomic E-state index is 12.5. The zero-order valence-electron chi connectivity index (χ0n) is 16.7. The number of hydrogen-bond acceptors (Lipinski definition) is 5. The van der Waals surface area contributed by atoms with Crippen molar-refractivity contribution < 1.29 is 9.53 Å². The Hall–Kier alpha value is -3.16. The summed E-state index contributed by atoms with van der Waals surface area (Å²) in [5, 5.41) is 8.07. The van der Waals surface area contributed by atoms with E-state index in [2.05, 4.69) is 15.4 Å². The van der Waals surface area contributed by atoms with Crippen LogP contribution in [0.4, 0.5) is 0 Å². The Morgan fingerprint density at radius 3 is 2.79 bits per heavy atom. The first-order valence-corrected chi connectivity index (χ1v) is 9.92. The summed E-state index contributed by atoms with van der Waals surface area (Å²) in [7, 11) is 3.39. The molecule has 0 unspecified atom stereocenters. The second kappa shape index (κ2) is 8.06. The average Bonchev–Trinajstić information content (AvgIpc) is 3.35. The summed E-state index contributed by atoms with van der Waals surface area (Å²) < 4.78 is 8.50. The fourth-order valence-electron chi connectivity index (χ4n) is 4.00. The molecule has 2 heterocycles. The number of ether oxygens (including phenoxy) is 1. The van der Waals surface area contributed by atoms with Crippen molar-refractivity contribution in [2.45, 2.75) is 38.1 Å². The van der Waals surface area contributed by atoms with Crippen LogP contribution in [0.1, 0.15) is 47.7 Å². The van der Waals surface area contributed by atoms with Crippen molar-refractivity contribution >= 4 is 16.8 Å². The van der Waals surface area contributed by atoms with Gasteiger partial charge in [-0.05, 0) is 31.0 Å². The number of nitrogens with one attached hydrogen (secondary N) is 1. The molecule has 1 amide bonds. The van der Waals surface area contributed by atoms with Crippen LogP contribution in [0.25, 0.3) is 10.9 Å². The fraction of sp³-hybridized carbons (Fsp3) is 0.429. The van der Waals surface area contributed by atoms with Crippen molar-refractivity contribution in [3.63, 3.8) is 0 Å². The molecule has 152 valence electrons. The second-order valence-electron chi connectivity index (χ2n) is 7.45. The van der Waals surface area contributed by atoms with E-state index in [1.54, 1.807) is 43.4 Å². The maximum absolute atomic E-state index is 12.5. The van der Waals surface area contributed by atoms with Gasteiger partial charge in [0.25, 0.3) is 11.5 Å². The highest BCUT2D eigenvalue weighted by Crippen LogP contribution is 2.32. The molecule has 1 N–H and O–H groups in total. The number of carbonyl (C=O) groups is 1. The largest absolute Gasteiger partial charge is 0.481 e. The van der Waals surface area contributed by atoms with E-state index in [1.807, 2.05) is 6.07 Å². The Labute approximate surface area is 168 Å². The molecule has 1 saturated carbocycles. The van der Waals surface area contributed by atoms with E-state index in [1.165, 1.54) is 17.4 Å². The first kappa shape index (κ1) is 19.2. The third kappa shape index (κ3) is 3.87. The van der Waals surface area contributed by atoms with Gasteiger partial charge in [-0.2, -0.15) is 5.10 Å². The lowest BCUT2D eigenvalue weighted by molar-refractivity contribution is 0.0952. The van der Waals surface area contributed by atoms with E-state index < -0.39 is 0 Å². The first-order chi connectivity index (χ1) is 14.1. The van der Waals surface area contributed by atoms with Crippen LogP contribution in [0.2, 0.25) is 0 Å². The monoisotopic (exact) mass is 395 g/mol. The minimum absolute atomic E-state index is 0.0712. The van der Waals surface area contributed by atoms with Crippen LogP contribution in [0.5, 0.6) is 5.88 Å². The number of benzene rings is 1. The van der Waals surface area contributed by atoms with Crippen LogP contribution in [-0.4, -0.2) is 38.9 Å². The molecule has 2 aromatic heterocycles. The lowest BCUT2D eigenvalue weighted by Gasteiger charge is -2.11. The number of aryl methyl sites for hydroxylation is 1. The van der Waals surface area contributed by atoms with Crippen molar-refractivity contribution in [1.82, 2.24) is 24.6 Å². The van der Waals surface area contributed by atoms with Gasteiger partial charge in [-0.25, -0.2) is 9.67 Å². The molecular formula is C21H25N5O3. The number of hydrogen-bond donors (Lipinski definition) is 1. The second-order valence-corrected chi connectivity index (χ2v) is 7.45. The van der Waals surface area contributed by atoms with E-state index in [-0.39, 0.29) is 11.5 Å². The molecule has 1 aliphatic carbocycles. The van der Waals surface area contributed by atoms with Crippen LogP contribution < -0.4 is 15.6 Å². The molecule has 1 fully saturated rings. The van der Waals surface area contributed by atoms with Crippen molar-refractivity contribution in [3.8, 4) is 5.88 Å². The van der Waals surface area contributed by atoms with Crippen LogP contribution in [0.3, 0.4) is 0 Å². The van der Waals surface area contributed by atoms with Gasteiger partial charge >= 0.3 is 0 Å². The van der Waals surface area contributed by atoms with Gasteiger partial charge in [-0.3, -0.25) is 14.2 Å². The molecular weight excluding hydrogens is 370 g/mol. The van der Waals surface area contributed by atoms with Gasteiger partial charge in [0.2, 0.25) is 5.88 Å². The van der Waals surface area contributed by atoms with Crippen LogP contribution >= 0.6 is 0 Å². The molecule has 0 bridgehead atoms. The predicted molar refractivity (Wildman–Crippen MR) is 109 cm³/mol. The molecule has 8 heteroatoms. The number of rotatable bonds is 6. The normalized spacial score (nSPS) is 14.4. The molecule has 0 saturated heterocycles. The summed E-state index contributed by atoms with van der Waals surface area (Å²) in [6.45, 7) is 0.717. The van der Waals surface area contributed by atoms with E-state index in [0.717, 1.165) is 23.9 Å². The lowest BCUT2D eigenvalue weighted by Crippen LogP contribution is -2.31. The number of nitrogens with zero attached hydrogens (tertiary/aromatic N) is 4. The Kier molecular flexibility index (Phi) is 5.33. The average molecular weight is 395 g/mol. The first-order valence-electron chi connectivity index (χ1n) is 9.92. The Morgan fingerprint density at radius 1 is 1.28 bits per heavy atom. The number of fused-ring (bicyclic) bond motifs is 1. The third-order valence-corrected chi connectivity index (χ3v) is 5.55. The number of methoxy groups -OCH3 is 1. The number of carbonyl (C=O) groups excluding carboxylic acids is 1. The summed E-state index contributed by atoms with van der Waals surface area (Å²) in [4.78, 5) is 29.3. The van der Waals surface area contributed by atoms with Crippen molar-refractivity contribution in [3.05, 3.63) is 52.2 Å². The highest BCUT2D eigenvalue weighted by Gasteiger charge is 2.19. The summed E-state index contributed by atoms with van der Waals surface area (Å²) in [6, 6.07) is 6.94. The van der Waals surface area contributed by atoms with Crippen LogP contribution in [-0.2, 0) is 13.6 Å². The van der Waals surface area contributed by atoms with Crippen LogP contribution in [0, 0.1) is 0 Å². The van der Waals surface area contributed by atoms with Crippen molar-refractivity contribution in [1.29, 1.82) is 0 Å². The van der Waals surface area contributed by atoms with E-state index >= 15 is 0 Å². The number of amides is 1. The Balaban J connectivity index is 1.38. The SMILES string of the molecule is COc1c2ccc(C(=O)NCCn3cnc(C4CCCC4)cc3=O)cc2nn1C. The highest BCUT2D eigenvalue weighted by molar-refractivity contribution is 5.98. The lowest BCUT2D eigenvalue weighted by atomic mass is 10.0. The van der Waals surface area contributed by atoms with E-state index in [0.29, 0.717) is 36.0 Å². The predicted octanol–water partition coefficient (Wildman–Crippen LogP) is 2.23. The molecule has 29 heavy (non-hydrogen) atoms. The summed E-state index contributed by atoms with van der Waals surface area (Å²) in [6.07, 6.45) is 6.23. The highest BCUT2D eigenvalue weighted by atomic mass is 16.5. The van der Waals surface area contributed by atoms with E-state index in [9.17, 15) is 9.59 Å². The standard InChI is InChI=1S/C21H25N5O3/c1-25-21(29-2)16-8-7-15(11-18(16)24-25)20(28)22-9-10-26-13-23-17(12-19(26)27)14-5-3-4-6-14/h7-8,11-14H,3-6,9-10H2,1-2H3,(H,22,28). The molecule has 8 nitrogen and oxygen atoms in total. The van der Waals surface area contributed by atoms with Crippen molar-refractivity contribution in [2.24, 2.45) is 7.05 Å². The van der Waals surface area contributed by atoms with Gasteiger partial charge in [0.15, 0.2) is 0 Å². The van der Waals surface area contributed by atoms with Gasteiger partial charge in [0.1, 0.15) is 0 Å². The Bertz CT molecular complexity index is 1100. The molecule has 1 aliphatic rings. The van der Waals surface area contributed by atoms with E-state index in [4.69, 9.17) is 4.74 Å². The minimum Gasteiger partial charge on any atom is -0.481 e. The topological polar surface area (TPSA) is 91.0 Å². The summed E-state index contributed by atoms with van der Waals surface area (Å²) in [5.41, 5.74) is 2.03. The summed E-state index contributed by atoms with van der Waals surface area (Å²) >= 11 is 0. The zero-order chi connectivity index (χ0) is 20.4. The smallest absolute Gasteiger partial charge is 0.253 e. The van der Waals surface area contributed by atoms with Crippen LogP contribution in [0.15, 0.2) is 35.4 Å². The Morgan fingerprint density at radius 2 is 2.07 bits per heavy atom. The molecule has 4 rings (SSSR count). The molecule has 0 radical (unpaired) electrons. The quantitative estimate of drug-likeness (QED) is 0.691.